The summed E-state index contributed by atoms with van der Waals surface area (Å²) in [7, 11) is 0. The quantitative estimate of drug-likeness (QED) is 0.295. The zero-order chi connectivity index (χ0) is 21.3. The number of halogens is 1. The van der Waals surface area contributed by atoms with Gasteiger partial charge in [0.25, 0.3) is 0 Å². The topological polar surface area (TPSA) is 69.6 Å². The van der Waals surface area contributed by atoms with Crippen LogP contribution in [0.15, 0.2) is 40.7 Å². The third kappa shape index (κ3) is 8.07. The van der Waals surface area contributed by atoms with Gasteiger partial charge in [0.15, 0.2) is 5.96 Å². The van der Waals surface area contributed by atoms with Gasteiger partial charge in [-0.2, -0.15) is 0 Å². The molecule has 8 heteroatoms. The minimum Gasteiger partial charge on any atom is -0.357 e. The van der Waals surface area contributed by atoms with E-state index >= 15 is 0 Å². The van der Waals surface area contributed by atoms with Crippen LogP contribution >= 0.6 is 35.3 Å². The molecule has 170 valence electrons. The molecule has 2 aromatic rings. The summed E-state index contributed by atoms with van der Waals surface area (Å²) in [6, 6.07) is 10.8. The van der Waals surface area contributed by atoms with Crippen LogP contribution in [0.2, 0.25) is 0 Å². The van der Waals surface area contributed by atoms with Crippen molar-refractivity contribution in [1.82, 2.24) is 20.5 Å². The van der Waals surface area contributed by atoms with Crippen molar-refractivity contribution in [2.75, 3.05) is 19.6 Å². The Kier molecular flexibility index (Phi) is 10.7. The number of thiazole rings is 1. The molecule has 2 heterocycles. The number of carbonyl (C=O) groups excluding carboxylic acids is 1. The molecule has 1 aromatic carbocycles. The lowest BCUT2D eigenvalue weighted by Crippen LogP contribution is -2.45. The second-order valence-corrected chi connectivity index (χ2v) is 8.92. The van der Waals surface area contributed by atoms with Gasteiger partial charge in [-0.25, -0.2) is 9.98 Å². The molecule has 2 N–H and O–H groups in total. The monoisotopic (exact) mass is 555 g/mol. The molecule has 31 heavy (non-hydrogen) atoms. The Morgan fingerprint density at radius 1 is 1.29 bits per heavy atom. The largest absolute Gasteiger partial charge is 0.357 e. The molecule has 1 unspecified atom stereocenters. The Labute approximate surface area is 207 Å². The molecular weight excluding hydrogens is 521 g/mol. The van der Waals surface area contributed by atoms with Crippen molar-refractivity contribution < 1.29 is 4.79 Å². The summed E-state index contributed by atoms with van der Waals surface area (Å²) in [6.45, 7) is 8.87. The molecule has 1 aliphatic heterocycles. The minimum absolute atomic E-state index is 0. The van der Waals surface area contributed by atoms with Crippen LogP contribution in [0.25, 0.3) is 0 Å². The molecule has 0 saturated carbocycles. The highest BCUT2D eigenvalue weighted by molar-refractivity contribution is 14.0. The molecule has 1 saturated heterocycles. The average Bonchev–Trinajstić information content (AvgIpc) is 3.40. The minimum atomic E-state index is 0. The first-order chi connectivity index (χ1) is 14.5. The van der Waals surface area contributed by atoms with Gasteiger partial charge in [-0.1, -0.05) is 44.2 Å². The number of aromatic nitrogens is 1. The van der Waals surface area contributed by atoms with E-state index in [0.717, 1.165) is 55.6 Å². The maximum atomic E-state index is 12.2. The average molecular weight is 556 g/mol. The highest BCUT2D eigenvalue weighted by Gasteiger charge is 2.27. The van der Waals surface area contributed by atoms with Crippen LogP contribution in [0.4, 0.5) is 0 Å². The van der Waals surface area contributed by atoms with Crippen LogP contribution in [-0.4, -0.2) is 47.4 Å². The number of amides is 1. The van der Waals surface area contributed by atoms with E-state index in [1.165, 1.54) is 5.56 Å². The van der Waals surface area contributed by atoms with E-state index in [1.807, 2.05) is 24.8 Å². The van der Waals surface area contributed by atoms with Crippen LogP contribution in [0.1, 0.15) is 43.5 Å². The molecule has 0 radical (unpaired) electrons. The Balaban J connectivity index is 0.00000341. The number of carbonyl (C=O) groups is 1. The molecule has 1 amide bonds. The van der Waals surface area contributed by atoms with E-state index in [-0.39, 0.29) is 41.8 Å². The maximum absolute atomic E-state index is 12.2. The number of rotatable bonds is 8. The lowest BCUT2D eigenvalue weighted by atomic mass is 10.1. The number of guanidine groups is 1. The van der Waals surface area contributed by atoms with Crippen LogP contribution in [0.3, 0.4) is 0 Å². The van der Waals surface area contributed by atoms with E-state index in [2.05, 4.69) is 47.2 Å². The van der Waals surface area contributed by atoms with Gasteiger partial charge in [0.2, 0.25) is 5.91 Å². The number of aliphatic imine (C=N–C) groups is 1. The molecule has 6 nitrogen and oxygen atoms in total. The van der Waals surface area contributed by atoms with Gasteiger partial charge in [0.05, 0.1) is 17.2 Å². The zero-order valence-electron chi connectivity index (χ0n) is 18.6. The van der Waals surface area contributed by atoms with Crippen molar-refractivity contribution in [2.24, 2.45) is 10.9 Å². The van der Waals surface area contributed by atoms with Crippen LogP contribution in [0, 0.1) is 5.92 Å². The van der Waals surface area contributed by atoms with Gasteiger partial charge >= 0.3 is 0 Å². The SMILES string of the molecule is CCNC(=NCc1csc(CCc2ccccc2)n1)NC1CCN(C(=O)C(C)C)C1.I. The molecule has 0 aliphatic carbocycles. The van der Waals surface area contributed by atoms with Crippen molar-refractivity contribution in [1.29, 1.82) is 0 Å². The molecular formula is C23H34IN5OS. The van der Waals surface area contributed by atoms with E-state index in [9.17, 15) is 4.79 Å². The number of likely N-dealkylation sites (tertiary alicyclic amines) is 1. The molecule has 1 aromatic heterocycles. The van der Waals surface area contributed by atoms with E-state index in [1.54, 1.807) is 11.3 Å². The summed E-state index contributed by atoms with van der Waals surface area (Å²) >= 11 is 1.71. The Morgan fingerprint density at radius 3 is 2.77 bits per heavy atom. The number of hydrogen-bond acceptors (Lipinski definition) is 4. The van der Waals surface area contributed by atoms with Gasteiger partial charge < -0.3 is 15.5 Å². The number of nitrogens with one attached hydrogen (secondary N) is 2. The van der Waals surface area contributed by atoms with E-state index in [4.69, 9.17) is 9.98 Å². The molecule has 0 spiro atoms. The molecule has 3 rings (SSSR count). The second kappa shape index (κ2) is 13.0. The number of hydrogen-bond donors (Lipinski definition) is 2. The Hall–Kier alpha value is -1.68. The fourth-order valence-corrected chi connectivity index (χ4v) is 4.34. The third-order valence-electron chi connectivity index (χ3n) is 5.15. The first-order valence-corrected chi connectivity index (χ1v) is 11.7. The number of nitrogens with zero attached hydrogens (tertiary/aromatic N) is 3. The predicted molar refractivity (Wildman–Crippen MR) is 139 cm³/mol. The van der Waals surface area contributed by atoms with Gasteiger partial charge in [0, 0.05) is 43.4 Å². The Bertz CT molecular complexity index is 840. The van der Waals surface area contributed by atoms with Crippen LogP contribution in [-0.2, 0) is 24.2 Å². The summed E-state index contributed by atoms with van der Waals surface area (Å²) in [5.41, 5.74) is 2.34. The third-order valence-corrected chi connectivity index (χ3v) is 6.11. The standard InChI is InChI=1S/C23H33N5OS.HI/c1-4-24-23(27-19-12-13-28(15-19)22(29)17(2)3)25-14-20-16-30-21(26-20)11-10-18-8-6-5-7-9-18;/h5-9,16-17,19H,4,10-15H2,1-3H3,(H2,24,25,27);1H. The summed E-state index contributed by atoms with van der Waals surface area (Å²) in [4.78, 5) is 23.6. The number of benzene rings is 1. The summed E-state index contributed by atoms with van der Waals surface area (Å²) in [5.74, 6) is 1.07. The van der Waals surface area contributed by atoms with Gasteiger partial charge in [-0.05, 0) is 25.3 Å². The van der Waals surface area contributed by atoms with Gasteiger partial charge in [0.1, 0.15) is 0 Å². The molecule has 0 bridgehead atoms. The highest BCUT2D eigenvalue weighted by atomic mass is 127. The van der Waals surface area contributed by atoms with Crippen molar-refractivity contribution in [3.8, 4) is 0 Å². The van der Waals surface area contributed by atoms with Crippen LogP contribution in [0.5, 0.6) is 0 Å². The smallest absolute Gasteiger partial charge is 0.225 e. The molecule has 1 aliphatic rings. The van der Waals surface area contributed by atoms with Crippen molar-refractivity contribution in [2.45, 2.75) is 52.6 Å². The summed E-state index contributed by atoms with van der Waals surface area (Å²) in [5, 5.41) is 10.1. The fraction of sp³-hybridized carbons (Fsp3) is 0.522. The second-order valence-electron chi connectivity index (χ2n) is 7.98. The maximum Gasteiger partial charge on any atom is 0.225 e. The van der Waals surface area contributed by atoms with Crippen molar-refractivity contribution in [3.05, 3.63) is 52.0 Å². The molecule has 1 atom stereocenters. The first-order valence-electron chi connectivity index (χ1n) is 10.9. The van der Waals surface area contributed by atoms with Crippen LogP contribution < -0.4 is 10.6 Å². The Morgan fingerprint density at radius 2 is 2.06 bits per heavy atom. The van der Waals surface area contributed by atoms with Gasteiger partial charge in [-0.3, -0.25) is 4.79 Å². The summed E-state index contributed by atoms with van der Waals surface area (Å²) in [6.07, 6.45) is 2.91. The van der Waals surface area contributed by atoms with Crippen molar-refractivity contribution in [3.63, 3.8) is 0 Å². The zero-order valence-corrected chi connectivity index (χ0v) is 21.8. The highest BCUT2D eigenvalue weighted by Crippen LogP contribution is 2.15. The molecule has 1 fully saturated rings. The van der Waals surface area contributed by atoms with E-state index in [0.29, 0.717) is 6.54 Å². The lowest BCUT2D eigenvalue weighted by molar-refractivity contribution is -0.133. The van der Waals surface area contributed by atoms with E-state index < -0.39 is 0 Å². The van der Waals surface area contributed by atoms with Crippen molar-refractivity contribution >= 4 is 47.2 Å². The number of aryl methyl sites for hydroxylation is 2. The summed E-state index contributed by atoms with van der Waals surface area (Å²) < 4.78 is 0. The first kappa shape index (κ1) is 25.6. The lowest BCUT2D eigenvalue weighted by Gasteiger charge is -2.20. The fourth-order valence-electron chi connectivity index (χ4n) is 3.55. The predicted octanol–water partition coefficient (Wildman–Crippen LogP) is 3.86. The van der Waals surface area contributed by atoms with Gasteiger partial charge in [-0.15, -0.1) is 35.3 Å². The normalized spacial score (nSPS) is 16.3.